The van der Waals surface area contributed by atoms with Crippen LogP contribution < -0.4 is 11.1 Å². The first-order chi connectivity index (χ1) is 8.47. The second kappa shape index (κ2) is 4.96. The van der Waals surface area contributed by atoms with Crippen molar-refractivity contribution in [2.45, 2.75) is 38.7 Å². The molecule has 0 aromatic heterocycles. The van der Waals surface area contributed by atoms with Gasteiger partial charge in [-0.2, -0.15) is 0 Å². The fraction of sp³-hybridized carbons (Fsp3) is 0.750. The van der Waals surface area contributed by atoms with Crippen molar-refractivity contribution < 1.29 is 19.1 Å². The lowest BCUT2D eigenvalue weighted by Crippen LogP contribution is -2.43. The van der Waals surface area contributed by atoms with E-state index >= 15 is 0 Å². The zero-order valence-electron chi connectivity index (χ0n) is 10.3. The Kier molecular flexibility index (Phi) is 3.54. The van der Waals surface area contributed by atoms with Crippen molar-refractivity contribution in [3.63, 3.8) is 0 Å². The highest BCUT2D eigenvalue weighted by Gasteiger charge is 2.44. The molecule has 3 N–H and O–H groups in total. The molecule has 6 nitrogen and oxygen atoms in total. The number of carbonyl (C=O) groups excluding carboxylic acids is 3. The molecule has 0 unspecified atom stereocenters. The number of amides is 3. The van der Waals surface area contributed by atoms with E-state index in [0.29, 0.717) is 11.8 Å². The third-order valence-corrected chi connectivity index (χ3v) is 3.95. The van der Waals surface area contributed by atoms with Crippen molar-refractivity contribution in [1.82, 2.24) is 5.32 Å². The van der Waals surface area contributed by atoms with Crippen molar-refractivity contribution in [3.8, 4) is 0 Å². The molecule has 2 rings (SSSR count). The van der Waals surface area contributed by atoms with Crippen LogP contribution in [0.15, 0.2) is 0 Å². The van der Waals surface area contributed by atoms with Gasteiger partial charge >= 0.3 is 12.0 Å². The lowest BCUT2D eigenvalue weighted by Gasteiger charge is -2.21. The van der Waals surface area contributed by atoms with Gasteiger partial charge in [-0.3, -0.25) is 14.9 Å². The Bertz CT molecular complexity index is 382. The number of nitrogens with one attached hydrogen (secondary N) is 1. The number of rotatable bonds is 3. The van der Waals surface area contributed by atoms with Gasteiger partial charge in [0.1, 0.15) is 0 Å². The number of fused-ring (bicyclic) bond motifs is 2. The van der Waals surface area contributed by atoms with Gasteiger partial charge < -0.3 is 10.5 Å². The molecule has 18 heavy (non-hydrogen) atoms. The first-order valence-corrected chi connectivity index (χ1v) is 6.28. The zero-order valence-corrected chi connectivity index (χ0v) is 10.3. The lowest BCUT2D eigenvalue weighted by molar-refractivity contribution is -0.160. The summed E-state index contributed by atoms with van der Waals surface area (Å²) >= 11 is 0. The predicted molar refractivity (Wildman–Crippen MR) is 62.2 cm³/mol. The number of esters is 1. The van der Waals surface area contributed by atoms with Crippen LogP contribution in [0.2, 0.25) is 0 Å². The van der Waals surface area contributed by atoms with Gasteiger partial charge in [0.25, 0.3) is 5.91 Å². The monoisotopic (exact) mass is 254 g/mol. The van der Waals surface area contributed by atoms with Crippen LogP contribution in [-0.4, -0.2) is 24.0 Å². The SMILES string of the molecule is C[C@H](OC(=O)[C@@H]1C[C@H]2CC[C@H]1C2)C(=O)NC(N)=O. The van der Waals surface area contributed by atoms with Gasteiger partial charge in [0, 0.05) is 0 Å². The predicted octanol–water partition coefficient (Wildman–Crippen LogP) is 0.549. The highest BCUT2D eigenvalue weighted by atomic mass is 16.5. The van der Waals surface area contributed by atoms with Crippen LogP contribution in [-0.2, 0) is 14.3 Å². The maximum Gasteiger partial charge on any atom is 0.318 e. The highest BCUT2D eigenvalue weighted by Crippen LogP contribution is 2.48. The van der Waals surface area contributed by atoms with E-state index in [1.165, 1.54) is 13.3 Å². The van der Waals surface area contributed by atoms with Crippen LogP contribution >= 0.6 is 0 Å². The van der Waals surface area contributed by atoms with E-state index < -0.39 is 18.0 Å². The van der Waals surface area contributed by atoms with E-state index in [1.54, 1.807) is 0 Å². The van der Waals surface area contributed by atoms with Gasteiger partial charge in [-0.25, -0.2) is 4.79 Å². The lowest BCUT2D eigenvalue weighted by atomic mass is 9.89. The normalized spacial score (nSPS) is 30.8. The summed E-state index contributed by atoms with van der Waals surface area (Å²) in [7, 11) is 0. The van der Waals surface area contributed by atoms with Crippen LogP contribution in [0.3, 0.4) is 0 Å². The summed E-state index contributed by atoms with van der Waals surface area (Å²) in [6, 6.07) is -0.942. The third kappa shape index (κ3) is 2.63. The number of hydrogen-bond donors (Lipinski definition) is 2. The maximum atomic E-state index is 11.9. The quantitative estimate of drug-likeness (QED) is 0.718. The Morgan fingerprint density at radius 1 is 1.28 bits per heavy atom. The van der Waals surface area contributed by atoms with E-state index in [4.69, 9.17) is 10.5 Å². The molecule has 2 saturated carbocycles. The summed E-state index contributed by atoms with van der Waals surface area (Å²) in [6.07, 6.45) is 3.26. The van der Waals surface area contributed by atoms with Crippen molar-refractivity contribution in [3.05, 3.63) is 0 Å². The topological polar surface area (TPSA) is 98.5 Å². The van der Waals surface area contributed by atoms with Crippen LogP contribution in [0.25, 0.3) is 0 Å². The molecule has 0 radical (unpaired) electrons. The molecule has 2 aliphatic rings. The van der Waals surface area contributed by atoms with E-state index in [-0.39, 0.29) is 11.9 Å². The first-order valence-electron chi connectivity index (χ1n) is 6.28. The molecule has 0 aromatic carbocycles. The summed E-state index contributed by atoms with van der Waals surface area (Å²) in [6.45, 7) is 1.43. The second-order valence-corrected chi connectivity index (χ2v) is 5.21. The number of hydrogen-bond acceptors (Lipinski definition) is 4. The summed E-state index contributed by atoms with van der Waals surface area (Å²) in [5.41, 5.74) is 4.82. The highest BCUT2D eigenvalue weighted by molar-refractivity contribution is 5.96. The molecule has 100 valence electrons. The third-order valence-electron chi connectivity index (χ3n) is 3.95. The number of urea groups is 1. The average molecular weight is 254 g/mol. The molecule has 0 aromatic rings. The van der Waals surface area contributed by atoms with Gasteiger partial charge in [-0.15, -0.1) is 0 Å². The van der Waals surface area contributed by atoms with E-state index in [1.807, 2.05) is 5.32 Å². The average Bonchev–Trinajstić information content (AvgIpc) is 2.89. The Hall–Kier alpha value is -1.59. The summed E-state index contributed by atoms with van der Waals surface area (Å²) in [4.78, 5) is 33.8. The van der Waals surface area contributed by atoms with Crippen molar-refractivity contribution in [1.29, 1.82) is 0 Å². The van der Waals surface area contributed by atoms with Crippen LogP contribution in [0.4, 0.5) is 4.79 Å². The van der Waals surface area contributed by atoms with Gasteiger partial charge in [-0.1, -0.05) is 6.42 Å². The van der Waals surface area contributed by atoms with Gasteiger partial charge in [0.05, 0.1) is 5.92 Å². The Labute approximate surface area is 105 Å². The van der Waals surface area contributed by atoms with Gasteiger partial charge in [0.2, 0.25) is 0 Å². The van der Waals surface area contributed by atoms with Crippen LogP contribution in [0, 0.1) is 17.8 Å². The fourth-order valence-corrected chi connectivity index (χ4v) is 3.07. The molecule has 0 saturated heterocycles. The minimum Gasteiger partial charge on any atom is -0.452 e. The molecule has 0 aliphatic heterocycles. The zero-order chi connectivity index (χ0) is 13.3. The molecule has 0 heterocycles. The molecule has 0 spiro atoms. The van der Waals surface area contributed by atoms with Gasteiger partial charge in [0.15, 0.2) is 6.10 Å². The number of imide groups is 1. The smallest absolute Gasteiger partial charge is 0.318 e. The van der Waals surface area contributed by atoms with Crippen LogP contribution in [0.1, 0.15) is 32.6 Å². The number of carbonyl (C=O) groups is 3. The second-order valence-electron chi connectivity index (χ2n) is 5.21. The number of nitrogens with two attached hydrogens (primary N) is 1. The van der Waals surface area contributed by atoms with E-state index in [9.17, 15) is 14.4 Å². The minimum absolute atomic E-state index is 0.0763. The Morgan fingerprint density at radius 3 is 2.50 bits per heavy atom. The van der Waals surface area contributed by atoms with Crippen molar-refractivity contribution >= 4 is 17.9 Å². The molecule has 6 heteroatoms. The minimum atomic E-state index is -0.982. The Morgan fingerprint density at radius 2 is 2.00 bits per heavy atom. The molecule has 2 bridgehead atoms. The van der Waals surface area contributed by atoms with Crippen molar-refractivity contribution in [2.75, 3.05) is 0 Å². The van der Waals surface area contributed by atoms with Gasteiger partial charge in [-0.05, 0) is 38.0 Å². The van der Waals surface area contributed by atoms with Crippen LogP contribution in [0.5, 0.6) is 0 Å². The molecule has 2 fully saturated rings. The fourth-order valence-electron chi connectivity index (χ4n) is 3.07. The maximum absolute atomic E-state index is 11.9. The molecule has 2 aliphatic carbocycles. The number of primary amides is 1. The molecular weight excluding hydrogens is 236 g/mol. The van der Waals surface area contributed by atoms with E-state index in [0.717, 1.165) is 19.3 Å². The molecule has 4 atom stereocenters. The standard InChI is InChI=1S/C12H18N2O4/c1-6(10(15)14-12(13)17)18-11(16)9-5-7-2-3-8(9)4-7/h6-9H,2-5H2,1H3,(H3,13,14,15,17)/t6-,7-,8-,9+/m0/s1. The summed E-state index contributed by atoms with van der Waals surface area (Å²) in [5, 5.41) is 1.90. The summed E-state index contributed by atoms with van der Waals surface area (Å²) in [5.74, 6) is -0.0305. The first kappa shape index (κ1) is 12.9. The van der Waals surface area contributed by atoms with E-state index in [2.05, 4.69) is 0 Å². The summed E-state index contributed by atoms with van der Waals surface area (Å²) < 4.78 is 5.09. The molecular formula is C12H18N2O4. The molecule has 3 amide bonds. The van der Waals surface area contributed by atoms with Crippen molar-refractivity contribution in [2.24, 2.45) is 23.5 Å². The Balaban J connectivity index is 1.84. The number of ether oxygens (including phenoxy) is 1. The largest absolute Gasteiger partial charge is 0.452 e.